The topological polar surface area (TPSA) is 29.9 Å². The van der Waals surface area contributed by atoms with Crippen molar-refractivity contribution in [3.05, 3.63) is 52.5 Å². The van der Waals surface area contributed by atoms with Crippen molar-refractivity contribution in [1.29, 1.82) is 0 Å². The number of aromatic nitrogens is 2. The molecular formula is C20H27Cl2N3S. The van der Waals surface area contributed by atoms with Gasteiger partial charge in [0.25, 0.3) is 0 Å². The molecule has 0 aliphatic heterocycles. The summed E-state index contributed by atoms with van der Waals surface area (Å²) in [6.07, 6.45) is 13.7. The van der Waals surface area contributed by atoms with Gasteiger partial charge in [0.15, 0.2) is 0 Å². The lowest BCUT2D eigenvalue weighted by molar-refractivity contribution is 0.371. The number of hydrogen-bond donors (Lipinski definition) is 1. The molecule has 1 aromatic heterocycles. The van der Waals surface area contributed by atoms with Gasteiger partial charge in [-0.15, -0.1) is 0 Å². The van der Waals surface area contributed by atoms with Crippen molar-refractivity contribution >= 4 is 35.0 Å². The smallest absolute Gasteiger partial charge is 0.0959 e. The third-order valence-corrected chi connectivity index (χ3v) is 7.04. The number of nitrogens with zero attached hydrogens (tertiary/aromatic N) is 2. The number of nitrogens with one attached hydrogen (secondary N) is 1. The minimum Gasteiger partial charge on any atom is -0.322 e. The van der Waals surface area contributed by atoms with Gasteiger partial charge in [-0.25, -0.2) is 4.98 Å². The first-order valence-electron chi connectivity index (χ1n) is 9.43. The molecule has 2 atom stereocenters. The Morgan fingerprint density at radius 1 is 1.27 bits per heavy atom. The summed E-state index contributed by atoms with van der Waals surface area (Å²) in [6, 6.07) is 6.00. The second-order valence-corrected chi connectivity index (χ2v) is 9.24. The summed E-state index contributed by atoms with van der Waals surface area (Å²) >= 11 is 14.7. The van der Waals surface area contributed by atoms with Crippen molar-refractivity contribution in [1.82, 2.24) is 14.9 Å². The molecule has 1 aliphatic carbocycles. The molecule has 3 nitrogen and oxygen atoms in total. The number of rotatable bonds is 8. The van der Waals surface area contributed by atoms with Crippen LogP contribution in [-0.2, 0) is 0 Å². The standard InChI is InChI=1S/C20H27Cl2N3S/c1-15(25-11-10-23-14-25)24-20(18-8-7-16(21)13-19(18)22)9-12-26-17-5-3-2-4-6-17/h7-8,10-11,13-15,17,20,24H,2-6,9,12H2,1H3. The molecule has 26 heavy (non-hydrogen) atoms. The van der Waals surface area contributed by atoms with E-state index in [4.69, 9.17) is 23.2 Å². The molecule has 1 aromatic carbocycles. The molecule has 1 saturated carbocycles. The van der Waals surface area contributed by atoms with Crippen LogP contribution in [0.3, 0.4) is 0 Å². The molecular weight excluding hydrogens is 385 g/mol. The third-order valence-electron chi connectivity index (χ3n) is 5.06. The average Bonchev–Trinajstić information content (AvgIpc) is 3.17. The van der Waals surface area contributed by atoms with Gasteiger partial charge in [0, 0.05) is 33.7 Å². The second kappa shape index (κ2) is 10.0. The van der Waals surface area contributed by atoms with E-state index in [-0.39, 0.29) is 12.2 Å². The fourth-order valence-corrected chi connectivity index (χ4v) is 5.48. The summed E-state index contributed by atoms with van der Waals surface area (Å²) in [5.74, 6) is 1.14. The van der Waals surface area contributed by atoms with E-state index >= 15 is 0 Å². The molecule has 0 bridgehead atoms. The SMILES string of the molecule is CC(NC(CCSC1CCCCC1)c1ccc(Cl)cc1Cl)n1ccnc1. The van der Waals surface area contributed by atoms with E-state index in [9.17, 15) is 0 Å². The Bertz CT molecular complexity index is 672. The van der Waals surface area contributed by atoms with Crippen LogP contribution in [0, 0.1) is 0 Å². The van der Waals surface area contributed by atoms with Crippen molar-refractivity contribution in [3.8, 4) is 0 Å². The lowest BCUT2D eigenvalue weighted by atomic mass is 10.0. The zero-order valence-electron chi connectivity index (χ0n) is 15.2. The highest BCUT2D eigenvalue weighted by Crippen LogP contribution is 2.33. The van der Waals surface area contributed by atoms with E-state index in [1.54, 1.807) is 6.20 Å². The normalized spacial score (nSPS) is 18.0. The van der Waals surface area contributed by atoms with Crippen LogP contribution in [0.25, 0.3) is 0 Å². The van der Waals surface area contributed by atoms with Crippen LogP contribution in [-0.4, -0.2) is 20.6 Å². The monoisotopic (exact) mass is 411 g/mol. The molecule has 1 aliphatic rings. The number of thioether (sulfide) groups is 1. The Morgan fingerprint density at radius 3 is 2.77 bits per heavy atom. The lowest BCUT2D eigenvalue weighted by Gasteiger charge is -2.27. The average molecular weight is 412 g/mol. The van der Waals surface area contributed by atoms with Crippen LogP contribution in [0.4, 0.5) is 0 Å². The Hall–Kier alpha value is -0.680. The Labute approximate surface area is 170 Å². The maximum Gasteiger partial charge on any atom is 0.0959 e. The largest absolute Gasteiger partial charge is 0.322 e. The molecule has 2 aromatic rings. The molecule has 142 valence electrons. The van der Waals surface area contributed by atoms with Crippen molar-refractivity contribution in [2.75, 3.05) is 5.75 Å². The fraction of sp³-hybridized carbons (Fsp3) is 0.550. The summed E-state index contributed by atoms with van der Waals surface area (Å²) in [5.41, 5.74) is 1.12. The van der Waals surface area contributed by atoms with Gasteiger partial charge in [0.1, 0.15) is 0 Å². The molecule has 3 rings (SSSR count). The van der Waals surface area contributed by atoms with Crippen molar-refractivity contribution in [3.63, 3.8) is 0 Å². The summed E-state index contributed by atoms with van der Waals surface area (Å²) in [5, 5.41) is 5.96. The van der Waals surface area contributed by atoms with Gasteiger partial charge < -0.3 is 4.57 Å². The number of hydrogen-bond acceptors (Lipinski definition) is 3. The van der Waals surface area contributed by atoms with E-state index in [0.717, 1.165) is 28.0 Å². The molecule has 1 N–H and O–H groups in total. The number of benzene rings is 1. The predicted molar refractivity (Wildman–Crippen MR) is 113 cm³/mol. The summed E-state index contributed by atoms with van der Waals surface area (Å²) in [7, 11) is 0. The van der Waals surface area contributed by atoms with E-state index in [2.05, 4.69) is 33.6 Å². The Kier molecular flexibility index (Phi) is 7.74. The van der Waals surface area contributed by atoms with Gasteiger partial charge in [-0.2, -0.15) is 11.8 Å². The number of halogens is 2. The van der Waals surface area contributed by atoms with Crippen LogP contribution in [0.2, 0.25) is 10.0 Å². The summed E-state index contributed by atoms with van der Waals surface area (Å²) in [4.78, 5) is 4.15. The van der Waals surface area contributed by atoms with Gasteiger partial charge in [-0.3, -0.25) is 5.32 Å². The minimum absolute atomic E-state index is 0.147. The zero-order chi connectivity index (χ0) is 18.4. The highest BCUT2D eigenvalue weighted by atomic mass is 35.5. The van der Waals surface area contributed by atoms with Crippen molar-refractivity contribution in [2.45, 2.75) is 62.9 Å². The highest BCUT2D eigenvalue weighted by Gasteiger charge is 2.20. The molecule has 0 amide bonds. The first-order chi connectivity index (χ1) is 12.6. The quantitative estimate of drug-likeness (QED) is 0.537. The van der Waals surface area contributed by atoms with Gasteiger partial charge in [0.2, 0.25) is 0 Å². The lowest BCUT2D eigenvalue weighted by Crippen LogP contribution is -2.29. The van der Waals surface area contributed by atoms with Crippen molar-refractivity contribution in [2.24, 2.45) is 0 Å². The van der Waals surface area contributed by atoms with Crippen LogP contribution >= 0.6 is 35.0 Å². The second-order valence-electron chi connectivity index (χ2n) is 6.99. The first-order valence-corrected chi connectivity index (χ1v) is 11.2. The fourth-order valence-electron chi connectivity index (χ4n) is 3.57. The maximum atomic E-state index is 6.51. The molecule has 1 heterocycles. The highest BCUT2D eigenvalue weighted by molar-refractivity contribution is 7.99. The molecule has 0 radical (unpaired) electrons. The predicted octanol–water partition coefficient (Wildman–Crippen LogP) is 6.50. The molecule has 2 unspecified atom stereocenters. The van der Waals surface area contributed by atoms with Gasteiger partial charge in [-0.1, -0.05) is 48.5 Å². The first kappa shape index (κ1) is 20.1. The number of imidazole rings is 1. The minimum atomic E-state index is 0.147. The van der Waals surface area contributed by atoms with Crippen LogP contribution in [0.1, 0.15) is 63.2 Å². The van der Waals surface area contributed by atoms with Gasteiger partial charge >= 0.3 is 0 Å². The van der Waals surface area contributed by atoms with E-state index in [1.807, 2.05) is 30.7 Å². The molecule has 0 spiro atoms. The van der Waals surface area contributed by atoms with E-state index in [0.29, 0.717) is 5.02 Å². The third kappa shape index (κ3) is 5.66. The summed E-state index contributed by atoms with van der Waals surface area (Å²) < 4.78 is 2.07. The molecule has 1 fully saturated rings. The Morgan fingerprint density at radius 2 is 2.08 bits per heavy atom. The van der Waals surface area contributed by atoms with E-state index in [1.165, 1.54) is 32.1 Å². The van der Waals surface area contributed by atoms with Gasteiger partial charge in [0.05, 0.1) is 12.5 Å². The molecule has 0 saturated heterocycles. The van der Waals surface area contributed by atoms with Crippen LogP contribution in [0.15, 0.2) is 36.9 Å². The van der Waals surface area contributed by atoms with Gasteiger partial charge in [-0.05, 0) is 49.6 Å². The maximum absolute atomic E-state index is 6.51. The van der Waals surface area contributed by atoms with Crippen LogP contribution < -0.4 is 5.32 Å². The van der Waals surface area contributed by atoms with E-state index < -0.39 is 0 Å². The van der Waals surface area contributed by atoms with Crippen LogP contribution in [0.5, 0.6) is 0 Å². The van der Waals surface area contributed by atoms with Crippen molar-refractivity contribution < 1.29 is 0 Å². The summed E-state index contributed by atoms with van der Waals surface area (Å²) in [6.45, 7) is 2.15. The molecule has 6 heteroatoms. The Balaban J connectivity index is 1.66. The zero-order valence-corrected chi connectivity index (χ0v) is 17.5.